The van der Waals surface area contributed by atoms with Crippen LogP contribution in [-0.2, 0) is 11.2 Å². The van der Waals surface area contributed by atoms with E-state index in [-0.39, 0.29) is 11.3 Å². The van der Waals surface area contributed by atoms with Crippen molar-refractivity contribution in [2.75, 3.05) is 5.32 Å². The Kier molecular flexibility index (Phi) is 7.48. The fourth-order valence-electron chi connectivity index (χ4n) is 3.97. The molecule has 0 radical (unpaired) electrons. The first kappa shape index (κ1) is 23.5. The quantitative estimate of drug-likeness (QED) is 0.459. The van der Waals surface area contributed by atoms with E-state index in [2.05, 4.69) is 51.2 Å². The maximum atomic E-state index is 12.6. The third-order valence-electron chi connectivity index (χ3n) is 5.46. The van der Waals surface area contributed by atoms with Crippen LogP contribution >= 0.6 is 35.0 Å². The number of carbonyl (C=O) groups is 1. The molecule has 1 atom stereocenters. The number of aryl methyl sites for hydroxylation is 2. The van der Waals surface area contributed by atoms with Crippen molar-refractivity contribution in [2.24, 2.45) is 5.41 Å². The van der Waals surface area contributed by atoms with Crippen LogP contribution in [0.3, 0.4) is 0 Å². The maximum absolute atomic E-state index is 12.6. The van der Waals surface area contributed by atoms with Crippen LogP contribution in [0, 0.1) is 19.3 Å². The summed E-state index contributed by atoms with van der Waals surface area (Å²) in [5, 5.41) is 4.90. The summed E-state index contributed by atoms with van der Waals surface area (Å²) < 4.78 is 0. The highest BCUT2D eigenvalue weighted by molar-refractivity contribution is 7.99. The van der Waals surface area contributed by atoms with Crippen molar-refractivity contribution in [1.29, 1.82) is 0 Å². The lowest BCUT2D eigenvalue weighted by Crippen LogP contribution is -2.20. The Morgan fingerprint density at radius 3 is 2.57 bits per heavy atom. The summed E-state index contributed by atoms with van der Waals surface area (Å²) in [5.74, 6) is 0.0153. The number of anilines is 1. The average molecular weight is 465 g/mol. The van der Waals surface area contributed by atoms with Crippen LogP contribution in [0.1, 0.15) is 74.0 Å². The largest absolute Gasteiger partial charge is 0.325 e. The topological polar surface area (TPSA) is 29.1 Å². The summed E-state index contributed by atoms with van der Waals surface area (Å²) in [5.41, 5.74) is 5.46. The van der Waals surface area contributed by atoms with E-state index < -0.39 is 0 Å². The standard InChI is InChI=1S/C25H31Cl2NOS/c1-15-10-11-17(26)13-21(15)30-20-9-7-6-8-18-19(20)12-16(2)24(23(18)27)28-22(29)14-25(3,4)5/h10-13,20H,6-9,14H2,1-5H3,(H,28,29). The van der Waals surface area contributed by atoms with Gasteiger partial charge >= 0.3 is 0 Å². The van der Waals surface area contributed by atoms with E-state index >= 15 is 0 Å². The first-order valence-corrected chi connectivity index (χ1v) is 12.2. The van der Waals surface area contributed by atoms with Gasteiger partial charge in [-0.3, -0.25) is 4.79 Å². The third-order valence-corrected chi connectivity index (χ3v) is 7.58. The van der Waals surface area contributed by atoms with Gasteiger partial charge in [0.25, 0.3) is 0 Å². The molecule has 0 aliphatic heterocycles. The van der Waals surface area contributed by atoms with Gasteiger partial charge in [0, 0.05) is 21.6 Å². The molecule has 0 bridgehead atoms. The number of benzene rings is 2. The fourth-order valence-corrected chi connectivity index (χ4v) is 5.98. The number of rotatable bonds is 4. The van der Waals surface area contributed by atoms with Crippen molar-refractivity contribution in [3.8, 4) is 0 Å². The van der Waals surface area contributed by atoms with Gasteiger partial charge in [0.2, 0.25) is 5.91 Å². The van der Waals surface area contributed by atoms with E-state index in [9.17, 15) is 4.79 Å². The molecule has 0 heterocycles. The molecule has 1 aliphatic carbocycles. The zero-order chi connectivity index (χ0) is 22.1. The monoisotopic (exact) mass is 463 g/mol. The van der Waals surface area contributed by atoms with Gasteiger partial charge in [0.1, 0.15) is 0 Å². The number of carbonyl (C=O) groups excluding carboxylic acids is 1. The summed E-state index contributed by atoms with van der Waals surface area (Å²) in [6.07, 6.45) is 4.79. The minimum atomic E-state index is -0.0628. The van der Waals surface area contributed by atoms with Crippen LogP contribution in [0.4, 0.5) is 5.69 Å². The van der Waals surface area contributed by atoms with Gasteiger partial charge in [-0.2, -0.15) is 0 Å². The lowest BCUT2D eigenvalue weighted by Gasteiger charge is -2.23. The van der Waals surface area contributed by atoms with Crippen LogP contribution in [0.2, 0.25) is 10.0 Å². The minimum absolute atomic E-state index is 0.0153. The van der Waals surface area contributed by atoms with Crippen LogP contribution < -0.4 is 5.32 Å². The highest BCUT2D eigenvalue weighted by Gasteiger charge is 2.26. The molecule has 3 rings (SSSR count). The molecule has 1 amide bonds. The third kappa shape index (κ3) is 5.75. The normalized spacial score (nSPS) is 16.7. The summed E-state index contributed by atoms with van der Waals surface area (Å²) in [4.78, 5) is 13.8. The molecular formula is C25H31Cl2NOS. The molecule has 30 heavy (non-hydrogen) atoms. The number of fused-ring (bicyclic) bond motifs is 1. The van der Waals surface area contributed by atoms with Gasteiger partial charge in [-0.25, -0.2) is 0 Å². The van der Waals surface area contributed by atoms with Gasteiger partial charge in [-0.15, -0.1) is 11.8 Å². The van der Waals surface area contributed by atoms with Crippen molar-refractivity contribution in [2.45, 2.75) is 76.9 Å². The molecule has 1 N–H and O–H groups in total. The summed E-state index contributed by atoms with van der Waals surface area (Å²) >= 11 is 15.0. The maximum Gasteiger partial charge on any atom is 0.224 e. The number of halogens is 2. The Bertz CT molecular complexity index is 949. The van der Waals surface area contributed by atoms with Crippen LogP contribution in [0.15, 0.2) is 29.2 Å². The Hall–Kier alpha value is -1.16. The van der Waals surface area contributed by atoms with E-state index in [0.717, 1.165) is 42.0 Å². The summed E-state index contributed by atoms with van der Waals surface area (Å²) in [7, 11) is 0. The molecule has 5 heteroatoms. The smallest absolute Gasteiger partial charge is 0.224 e. The number of hydrogen-bond donors (Lipinski definition) is 1. The summed E-state index contributed by atoms with van der Waals surface area (Å²) in [6, 6.07) is 8.31. The van der Waals surface area contributed by atoms with E-state index in [1.54, 1.807) is 0 Å². The van der Waals surface area contributed by atoms with Crippen molar-refractivity contribution in [3.05, 3.63) is 56.6 Å². The molecule has 0 spiro atoms. The minimum Gasteiger partial charge on any atom is -0.325 e. The lowest BCUT2D eigenvalue weighted by molar-refractivity contribution is -0.117. The van der Waals surface area contributed by atoms with Gasteiger partial charge < -0.3 is 5.32 Å². The van der Waals surface area contributed by atoms with Crippen LogP contribution in [0.25, 0.3) is 0 Å². The van der Waals surface area contributed by atoms with E-state index in [0.29, 0.717) is 16.7 Å². The predicted molar refractivity (Wildman–Crippen MR) is 131 cm³/mol. The number of thioether (sulfide) groups is 1. The lowest BCUT2D eigenvalue weighted by atomic mass is 9.91. The molecule has 0 aromatic heterocycles. The molecule has 2 aromatic carbocycles. The molecule has 0 saturated heterocycles. The van der Waals surface area contributed by atoms with Crippen molar-refractivity contribution < 1.29 is 4.79 Å². The molecule has 0 saturated carbocycles. The van der Waals surface area contributed by atoms with Gasteiger partial charge in [-0.05, 0) is 72.9 Å². The van der Waals surface area contributed by atoms with E-state index in [1.165, 1.54) is 21.6 Å². The summed E-state index contributed by atoms with van der Waals surface area (Å²) in [6.45, 7) is 10.4. The molecule has 2 aromatic rings. The number of amides is 1. The molecule has 1 unspecified atom stereocenters. The Balaban J connectivity index is 1.95. The first-order valence-electron chi connectivity index (χ1n) is 10.6. The Morgan fingerprint density at radius 2 is 1.87 bits per heavy atom. The fraction of sp³-hybridized carbons (Fsp3) is 0.480. The average Bonchev–Trinajstić information content (AvgIpc) is 2.83. The SMILES string of the molecule is Cc1ccc(Cl)cc1SC1CCCCc2c1cc(C)c(NC(=O)CC(C)(C)C)c2Cl. The second kappa shape index (κ2) is 9.54. The zero-order valence-corrected chi connectivity index (χ0v) is 20.8. The predicted octanol–water partition coefficient (Wildman–Crippen LogP) is 8.54. The first-order chi connectivity index (χ1) is 14.0. The number of hydrogen-bond acceptors (Lipinski definition) is 2. The van der Waals surface area contributed by atoms with Crippen LogP contribution in [-0.4, -0.2) is 5.91 Å². The molecular weight excluding hydrogens is 433 g/mol. The highest BCUT2D eigenvalue weighted by atomic mass is 35.5. The van der Waals surface area contributed by atoms with Crippen molar-refractivity contribution in [1.82, 2.24) is 0 Å². The van der Waals surface area contributed by atoms with Gasteiger partial charge in [-0.1, -0.05) is 62.5 Å². The second-order valence-electron chi connectivity index (χ2n) is 9.50. The molecule has 0 fully saturated rings. The molecule has 1 aliphatic rings. The van der Waals surface area contributed by atoms with Crippen LogP contribution in [0.5, 0.6) is 0 Å². The van der Waals surface area contributed by atoms with Gasteiger partial charge in [0.05, 0.1) is 10.7 Å². The highest BCUT2D eigenvalue weighted by Crippen LogP contribution is 2.47. The molecule has 2 nitrogen and oxygen atoms in total. The van der Waals surface area contributed by atoms with Gasteiger partial charge in [0.15, 0.2) is 0 Å². The Morgan fingerprint density at radius 1 is 1.13 bits per heavy atom. The van der Waals surface area contributed by atoms with Crippen molar-refractivity contribution in [3.63, 3.8) is 0 Å². The second-order valence-corrected chi connectivity index (χ2v) is 11.6. The van der Waals surface area contributed by atoms with E-state index in [4.69, 9.17) is 23.2 Å². The number of nitrogens with one attached hydrogen (secondary N) is 1. The zero-order valence-electron chi connectivity index (χ0n) is 18.5. The van der Waals surface area contributed by atoms with Crippen molar-refractivity contribution >= 4 is 46.6 Å². The Labute approximate surface area is 195 Å². The van der Waals surface area contributed by atoms with E-state index in [1.807, 2.05) is 24.8 Å². The molecule has 162 valence electrons.